The summed E-state index contributed by atoms with van der Waals surface area (Å²) in [6.07, 6.45) is -0.625. The molecule has 5 heteroatoms. The Labute approximate surface area is 93.9 Å². The van der Waals surface area contributed by atoms with Gasteiger partial charge in [0.05, 0.1) is 11.6 Å². The second-order valence-electron chi connectivity index (χ2n) is 4.13. The Morgan fingerprint density at radius 2 is 2.19 bits per heavy atom. The minimum atomic E-state index is -0.625. The number of aliphatic hydroxyl groups excluding tert-OH is 1. The molecule has 0 aliphatic rings. The third kappa shape index (κ3) is 1.79. The maximum Gasteiger partial charge on any atom is 0.113 e. The Morgan fingerprint density at radius 3 is 2.81 bits per heavy atom. The Hall–Kier alpha value is -1.46. The molecule has 2 aromatic rings. The Kier molecular flexibility index (Phi) is 2.89. The smallest absolute Gasteiger partial charge is 0.113 e. The second kappa shape index (κ2) is 4.19. The van der Waals surface area contributed by atoms with E-state index in [2.05, 4.69) is 10.3 Å². The molecule has 0 aliphatic heterocycles. The summed E-state index contributed by atoms with van der Waals surface area (Å²) < 4.78 is 1.84. The number of aliphatic hydroxyl groups is 1. The van der Waals surface area contributed by atoms with Gasteiger partial charge in [0, 0.05) is 12.6 Å². The van der Waals surface area contributed by atoms with Crippen LogP contribution in [0.25, 0.3) is 11.0 Å². The number of fused-ring (bicyclic) bond motifs is 1. The maximum atomic E-state index is 9.68. The second-order valence-corrected chi connectivity index (χ2v) is 4.13. The summed E-state index contributed by atoms with van der Waals surface area (Å²) in [5.41, 5.74) is 8.00. The van der Waals surface area contributed by atoms with Crippen LogP contribution in [0.4, 0.5) is 0 Å². The molecule has 1 heterocycles. The lowest BCUT2D eigenvalue weighted by atomic mass is 10.1. The van der Waals surface area contributed by atoms with Gasteiger partial charge in [-0.05, 0) is 31.5 Å². The highest BCUT2D eigenvalue weighted by atomic mass is 16.3. The van der Waals surface area contributed by atoms with E-state index >= 15 is 0 Å². The minimum absolute atomic E-state index is 0.217. The zero-order valence-corrected chi connectivity index (χ0v) is 9.46. The number of benzene rings is 1. The molecule has 1 unspecified atom stereocenters. The fourth-order valence-corrected chi connectivity index (χ4v) is 1.68. The highest BCUT2D eigenvalue weighted by molar-refractivity contribution is 5.75. The Morgan fingerprint density at radius 1 is 1.44 bits per heavy atom. The normalized spacial score (nSPS) is 13.6. The standard InChI is InChI=1S/C11H16N4O/c1-7(2)15-10-5-8(11(16)6-12)3-4-9(10)13-14-15/h3-5,7,11,16H,6,12H2,1-2H3. The third-order valence-electron chi connectivity index (χ3n) is 2.59. The van der Waals surface area contributed by atoms with Crippen LogP contribution in [0, 0.1) is 0 Å². The number of hydrogen-bond donors (Lipinski definition) is 2. The molecule has 0 fully saturated rings. The lowest BCUT2D eigenvalue weighted by molar-refractivity contribution is 0.187. The van der Waals surface area contributed by atoms with Gasteiger partial charge in [0.15, 0.2) is 0 Å². The molecule has 2 rings (SSSR count). The first kappa shape index (κ1) is 11.0. The maximum absolute atomic E-state index is 9.68. The summed E-state index contributed by atoms with van der Waals surface area (Å²) in [5.74, 6) is 0. The number of nitrogens with two attached hydrogens (primary N) is 1. The quantitative estimate of drug-likeness (QED) is 0.809. The fraction of sp³-hybridized carbons (Fsp3) is 0.455. The molecule has 5 nitrogen and oxygen atoms in total. The minimum Gasteiger partial charge on any atom is -0.387 e. The molecular formula is C11H16N4O. The van der Waals surface area contributed by atoms with E-state index in [-0.39, 0.29) is 12.6 Å². The molecule has 0 radical (unpaired) electrons. The van der Waals surface area contributed by atoms with Crippen molar-refractivity contribution in [1.29, 1.82) is 0 Å². The van der Waals surface area contributed by atoms with Crippen molar-refractivity contribution in [3.63, 3.8) is 0 Å². The zero-order chi connectivity index (χ0) is 11.7. The van der Waals surface area contributed by atoms with Crippen molar-refractivity contribution in [3.8, 4) is 0 Å². The van der Waals surface area contributed by atoms with Crippen molar-refractivity contribution >= 4 is 11.0 Å². The van der Waals surface area contributed by atoms with E-state index in [0.717, 1.165) is 16.6 Å². The molecule has 0 spiro atoms. The van der Waals surface area contributed by atoms with Crippen molar-refractivity contribution in [1.82, 2.24) is 15.0 Å². The van der Waals surface area contributed by atoms with Crippen LogP contribution in [0.2, 0.25) is 0 Å². The van der Waals surface area contributed by atoms with E-state index in [0.29, 0.717) is 0 Å². The molecule has 1 aromatic carbocycles. The molecule has 0 saturated carbocycles. The van der Waals surface area contributed by atoms with Crippen LogP contribution in [-0.2, 0) is 0 Å². The summed E-state index contributed by atoms with van der Waals surface area (Å²) in [7, 11) is 0. The van der Waals surface area contributed by atoms with Gasteiger partial charge in [0.25, 0.3) is 0 Å². The summed E-state index contributed by atoms with van der Waals surface area (Å²) in [6.45, 7) is 4.30. The van der Waals surface area contributed by atoms with Gasteiger partial charge in [-0.2, -0.15) is 0 Å². The Balaban J connectivity index is 2.54. The van der Waals surface area contributed by atoms with Crippen molar-refractivity contribution < 1.29 is 5.11 Å². The van der Waals surface area contributed by atoms with Crippen molar-refractivity contribution in [2.75, 3.05) is 6.54 Å². The summed E-state index contributed by atoms with van der Waals surface area (Å²) >= 11 is 0. The van der Waals surface area contributed by atoms with Crippen LogP contribution in [0.15, 0.2) is 18.2 Å². The van der Waals surface area contributed by atoms with Crippen LogP contribution < -0.4 is 5.73 Å². The van der Waals surface area contributed by atoms with Crippen LogP contribution in [-0.4, -0.2) is 26.6 Å². The first-order valence-corrected chi connectivity index (χ1v) is 5.36. The van der Waals surface area contributed by atoms with Crippen LogP contribution in [0.1, 0.15) is 31.6 Å². The predicted molar refractivity (Wildman–Crippen MR) is 61.9 cm³/mol. The van der Waals surface area contributed by atoms with E-state index in [1.165, 1.54) is 0 Å². The third-order valence-corrected chi connectivity index (χ3v) is 2.59. The topological polar surface area (TPSA) is 77.0 Å². The van der Waals surface area contributed by atoms with Gasteiger partial charge in [-0.15, -0.1) is 5.10 Å². The van der Waals surface area contributed by atoms with E-state index in [1.54, 1.807) is 0 Å². The lowest BCUT2D eigenvalue weighted by Gasteiger charge is -2.09. The first-order chi connectivity index (χ1) is 7.63. The van der Waals surface area contributed by atoms with E-state index in [4.69, 9.17) is 5.73 Å². The van der Waals surface area contributed by atoms with Crippen molar-refractivity contribution in [3.05, 3.63) is 23.8 Å². The van der Waals surface area contributed by atoms with Crippen LogP contribution in [0.5, 0.6) is 0 Å². The number of nitrogens with zero attached hydrogens (tertiary/aromatic N) is 3. The summed E-state index contributed by atoms with van der Waals surface area (Å²) in [4.78, 5) is 0. The van der Waals surface area contributed by atoms with Gasteiger partial charge in [-0.25, -0.2) is 4.68 Å². The lowest BCUT2D eigenvalue weighted by Crippen LogP contribution is -2.11. The van der Waals surface area contributed by atoms with Gasteiger partial charge in [0.1, 0.15) is 5.52 Å². The molecule has 0 bridgehead atoms. The molecular weight excluding hydrogens is 204 g/mol. The molecule has 0 amide bonds. The molecule has 3 N–H and O–H groups in total. The van der Waals surface area contributed by atoms with E-state index in [1.807, 2.05) is 36.7 Å². The average molecular weight is 220 g/mol. The zero-order valence-electron chi connectivity index (χ0n) is 9.46. The molecule has 1 atom stereocenters. The summed E-state index contributed by atoms with van der Waals surface area (Å²) in [6, 6.07) is 5.83. The SMILES string of the molecule is CC(C)n1nnc2ccc(C(O)CN)cc21. The number of hydrogen-bond acceptors (Lipinski definition) is 4. The molecule has 1 aromatic heterocycles. The molecule has 0 aliphatic carbocycles. The number of aromatic nitrogens is 3. The Bertz CT molecular complexity index is 492. The van der Waals surface area contributed by atoms with Crippen molar-refractivity contribution in [2.45, 2.75) is 26.0 Å². The van der Waals surface area contributed by atoms with Gasteiger partial charge in [-0.1, -0.05) is 11.3 Å². The van der Waals surface area contributed by atoms with Gasteiger partial charge >= 0.3 is 0 Å². The molecule has 0 saturated heterocycles. The van der Waals surface area contributed by atoms with Crippen molar-refractivity contribution in [2.24, 2.45) is 5.73 Å². The number of rotatable bonds is 3. The highest BCUT2D eigenvalue weighted by Crippen LogP contribution is 2.20. The van der Waals surface area contributed by atoms with Gasteiger partial charge in [0.2, 0.25) is 0 Å². The first-order valence-electron chi connectivity index (χ1n) is 5.36. The fourth-order valence-electron chi connectivity index (χ4n) is 1.68. The van der Waals surface area contributed by atoms with Gasteiger partial charge in [-0.3, -0.25) is 0 Å². The predicted octanol–water partition coefficient (Wildman–Crippen LogP) is 1.00. The average Bonchev–Trinajstić information content (AvgIpc) is 2.70. The molecule has 16 heavy (non-hydrogen) atoms. The van der Waals surface area contributed by atoms with E-state index in [9.17, 15) is 5.11 Å². The van der Waals surface area contributed by atoms with Crippen LogP contribution >= 0.6 is 0 Å². The molecule has 86 valence electrons. The van der Waals surface area contributed by atoms with Crippen LogP contribution in [0.3, 0.4) is 0 Å². The highest BCUT2D eigenvalue weighted by Gasteiger charge is 2.11. The van der Waals surface area contributed by atoms with E-state index < -0.39 is 6.10 Å². The summed E-state index contributed by atoms with van der Waals surface area (Å²) in [5, 5.41) is 17.8. The monoisotopic (exact) mass is 220 g/mol. The largest absolute Gasteiger partial charge is 0.387 e. The van der Waals surface area contributed by atoms with Gasteiger partial charge < -0.3 is 10.8 Å².